The largest absolute Gasteiger partial charge is 0.460 e. The van der Waals surface area contributed by atoms with Gasteiger partial charge in [-0.2, -0.15) is 105 Å². The number of aliphatic hydroxyl groups is 2. The summed E-state index contributed by atoms with van der Waals surface area (Å²) >= 11 is 0. The first-order valence-electron chi connectivity index (χ1n) is 12.8. The Kier molecular flexibility index (Phi) is 13.9. The fraction of sp³-hybridized carbons (Fsp3) is 1.00. The molecule has 0 aromatic carbocycles. The van der Waals surface area contributed by atoms with Gasteiger partial charge in [-0.15, -0.1) is 0 Å². The average Bonchev–Trinajstić information content (AvgIpc) is 2.89. The lowest BCUT2D eigenvalue weighted by molar-refractivity contribution is -0.890. The Balaban J connectivity index is 7.40. The number of rotatable bonds is 20. The van der Waals surface area contributed by atoms with Gasteiger partial charge < -0.3 is 14.7 Å². The highest BCUT2D eigenvalue weighted by Gasteiger charge is 2.98. The van der Waals surface area contributed by atoms with Gasteiger partial charge >= 0.3 is 58.8 Å². The molecule has 0 fully saturated rings. The van der Waals surface area contributed by atoms with Gasteiger partial charge in [0.2, 0.25) is 0 Å². The maximum Gasteiger partial charge on any atom is 0.460 e. The molecular formula is C20H24F21N2O7S2+. The minimum absolute atomic E-state index is 0.286. The molecule has 3 N–H and O–H groups in total. The summed E-state index contributed by atoms with van der Waals surface area (Å²) in [7, 11) is -11.2. The number of nitrogens with zero attached hydrogens (tertiary/aromatic N) is 2. The second-order valence-electron chi connectivity index (χ2n) is 11.3. The SMILES string of the molecule is C[N+](C)(CCO)CCCN(CC(O)CS(=O)(=O)O)S(=O)(=O)C(F)(F)C(F)(F)C(F)(F)C(F)(F)C(F)(F)C(F)(F)C(F)(F)C(F)(F)C(F)(F)C(F)(F)F. The van der Waals surface area contributed by atoms with Crippen molar-refractivity contribution >= 4 is 20.1 Å². The van der Waals surface area contributed by atoms with E-state index in [1.54, 1.807) is 0 Å². The van der Waals surface area contributed by atoms with Crippen molar-refractivity contribution in [3.05, 3.63) is 0 Å². The molecule has 0 aliphatic carbocycles. The van der Waals surface area contributed by atoms with Crippen LogP contribution in [0.4, 0.5) is 92.2 Å². The number of aliphatic hydroxyl groups excluding tert-OH is 2. The number of alkyl halides is 21. The van der Waals surface area contributed by atoms with E-state index in [2.05, 4.69) is 0 Å². The molecule has 0 radical (unpaired) electrons. The molecule has 0 amide bonds. The van der Waals surface area contributed by atoms with Crippen LogP contribution in [0.2, 0.25) is 0 Å². The highest BCUT2D eigenvalue weighted by molar-refractivity contribution is 7.90. The minimum atomic E-state index is -9.51. The number of likely N-dealkylation sites (N-methyl/N-ethyl adjacent to an activating group) is 1. The molecule has 0 aliphatic heterocycles. The van der Waals surface area contributed by atoms with E-state index in [-0.39, 0.29) is 6.54 Å². The van der Waals surface area contributed by atoms with Crippen LogP contribution in [-0.2, 0) is 20.1 Å². The van der Waals surface area contributed by atoms with Crippen molar-refractivity contribution in [3.63, 3.8) is 0 Å². The van der Waals surface area contributed by atoms with Gasteiger partial charge in [0.25, 0.3) is 20.1 Å². The third-order valence-electron chi connectivity index (χ3n) is 6.84. The summed E-state index contributed by atoms with van der Waals surface area (Å²) in [5.74, 6) is -75.7. The topological polar surface area (TPSA) is 132 Å². The molecule has 0 heterocycles. The Labute approximate surface area is 277 Å². The summed E-state index contributed by atoms with van der Waals surface area (Å²) in [6, 6.07) is 0. The Hall–Kier alpha value is -1.77. The molecule has 1 unspecified atom stereocenters. The number of hydrogen-bond acceptors (Lipinski definition) is 6. The van der Waals surface area contributed by atoms with Crippen LogP contribution in [0.1, 0.15) is 6.42 Å². The Morgan fingerprint density at radius 2 is 0.904 bits per heavy atom. The molecule has 0 aromatic heterocycles. The van der Waals surface area contributed by atoms with Crippen molar-refractivity contribution in [2.45, 2.75) is 71.3 Å². The molecule has 314 valence electrons. The van der Waals surface area contributed by atoms with Gasteiger partial charge in [-0.3, -0.25) is 4.55 Å². The molecule has 0 spiro atoms. The van der Waals surface area contributed by atoms with E-state index < -0.39 is 132 Å². The third kappa shape index (κ3) is 8.25. The van der Waals surface area contributed by atoms with Crippen molar-refractivity contribution < 1.29 is 128 Å². The van der Waals surface area contributed by atoms with Crippen LogP contribution in [0.15, 0.2) is 0 Å². The summed E-state index contributed by atoms with van der Waals surface area (Å²) in [6.07, 6.45) is -12.2. The molecule has 0 saturated carbocycles. The zero-order valence-corrected chi connectivity index (χ0v) is 26.8. The van der Waals surface area contributed by atoms with E-state index in [9.17, 15) is 114 Å². The fourth-order valence-electron chi connectivity index (χ4n) is 3.77. The molecule has 0 saturated heterocycles. The van der Waals surface area contributed by atoms with E-state index in [4.69, 9.17) is 9.66 Å². The zero-order chi connectivity index (χ0) is 42.6. The summed E-state index contributed by atoms with van der Waals surface area (Å²) in [4.78, 5) is 0. The van der Waals surface area contributed by atoms with E-state index in [1.165, 1.54) is 14.1 Å². The number of sulfonamides is 1. The lowest BCUT2D eigenvalue weighted by atomic mass is 9.87. The summed E-state index contributed by atoms with van der Waals surface area (Å²) in [6.45, 7) is -5.68. The predicted molar refractivity (Wildman–Crippen MR) is 127 cm³/mol. The summed E-state index contributed by atoms with van der Waals surface area (Å²) in [5.41, 5.74) is 0. The second-order valence-corrected chi connectivity index (χ2v) is 14.8. The molecule has 32 heteroatoms. The highest BCUT2D eigenvalue weighted by Crippen LogP contribution is 2.66. The normalized spacial score (nSPS) is 16.8. The van der Waals surface area contributed by atoms with E-state index in [1.807, 2.05) is 0 Å². The van der Waals surface area contributed by atoms with E-state index >= 15 is 0 Å². The number of quaternary nitrogens is 1. The van der Waals surface area contributed by atoms with Gasteiger partial charge in [-0.1, -0.05) is 0 Å². The van der Waals surface area contributed by atoms with Gasteiger partial charge in [-0.05, 0) is 0 Å². The Bertz CT molecular complexity index is 1470. The average molecular weight is 868 g/mol. The molecule has 0 bridgehead atoms. The summed E-state index contributed by atoms with van der Waals surface area (Å²) in [5, 5.41) is 10.5. The number of hydrogen-bond donors (Lipinski definition) is 3. The van der Waals surface area contributed by atoms with E-state index in [0.29, 0.717) is 0 Å². The second kappa shape index (κ2) is 14.4. The monoisotopic (exact) mass is 867 g/mol. The number of halogens is 21. The highest BCUT2D eigenvalue weighted by atomic mass is 32.2. The fourth-order valence-corrected chi connectivity index (χ4v) is 5.87. The molecule has 0 rings (SSSR count). The van der Waals surface area contributed by atoms with Crippen LogP contribution in [0.5, 0.6) is 0 Å². The molecule has 0 aliphatic rings. The molecule has 9 nitrogen and oxygen atoms in total. The van der Waals surface area contributed by atoms with Crippen LogP contribution < -0.4 is 0 Å². The standard InChI is InChI=1S/C20H23F21N2O7S2/c1-43(2,6-7-44)5-3-4-42(8-10(45)9-51(46,47)48)52(49,50)20(40,41)18(35,36)16(31,32)14(27,28)12(23,24)11(21,22)13(25,26)15(29,30)17(33,34)19(37,38)39/h10,44-45H,3-9H2,1-2H3/p+1. The third-order valence-corrected chi connectivity index (χ3v) is 9.56. The summed E-state index contributed by atoms with van der Waals surface area (Å²) < 4.78 is 342. The molecule has 1 atom stereocenters. The molecule has 52 heavy (non-hydrogen) atoms. The van der Waals surface area contributed by atoms with Crippen molar-refractivity contribution in [2.75, 3.05) is 52.6 Å². The lowest BCUT2D eigenvalue weighted by Gasteiger charge is -2.44. The van der Waals surface area contributed by atoms with Crippen LogP contribution in [-0.4, -0.2) is 158 Å². The lowest BCUT2D eigenvalue weighted by Crippen LogP contribution is -2.77. The van der Waals surface area contributed by atoms with Gasteiger partial charge in [0, 0.05) is 19.5 Å². The van der Waals surface area contributed by atoms with Gasteiger partial charge in [-0.25, -0.2) is 8.42 Å². The first-order chi connectivity index (χ1) is 22.3. The van der Waals surface area contributed by atoms with Crippen LogP contribution in [0.25, 0.3) is 0 Å². The van der Waals surface area contributed by atoms with Crippen molar-refractivity contribution in [3.8, 4) is 0 Å². The molecular weight excluding hydrogens is 843 g/mol. The Morgan fingerprint density at radius 1 is 0.577 bits per heavy atom. The molecule has 0 aromatic rings. The first kappa shape index (κ1) is 50.2. The minimum Gasteiger partial charge on any atom is -0.391 e. The van der Waals surface area contributed by atoms with Crippen molar-refractivity contribution in [1.29, 1.82) is 0 Å². The van der Waals surface area contributed by atoms with Gasteiger partial charge in [0.15, 0.2) is 0 Å². The van der Waals surface area contributed by atoms with Crippen LogP contribution in [0, 0.1) is 0 Å². The van der Waals surface area contributed by atoms with Crippen molar-refractivity contribution in [1.82, 2.24) is 4.31 Å². The van der Waals surface area contributed by atoms with Gasteiger partial charge in [0.1, 0.15) is 12.3 Å². The maximum absolute atomic E-state index is 14.8. The zero-order valence-electron chi connectivity index (χ0n) is 25.1. The Morgan fingerprint density at radius 3 is 1.21 bits per heavy atom. The van der Waals surface area contributed by atoms with E-state index in [0.717, 1.165) is 0 Å². The first-order valence-corrected chi connectivity index (χ1v) is 15.8. The maximum atomic E-state index is 14.8. The van der Waals surface area contributed by atoms with Crippen LogP contribution in [0.3, 0.4) is 0 Å². The van der Waals surface area contributed by atoms with Crippen LogP contribution >= 0.6 is 0 Å². The predicted octanol–water partition coefficient (Wildman–Crippen LogP) is 4.56. The van der Waals surface area contributed by atoms with Crippen molar-refractivity contribution in [2.24, 2.45) is 0 Å². The quantitative estimate of drug-likeness (QED) is 0.0930. The smallest absolute Gasteiger partial charge is 0.391 e. The van der Waals surface area contributed by atoms with Gasteiger partial charge in [0.05, 0.1) is 33.4 Å².